The van der Waals surface area contributed by atoms with Crippen molar-refractivity contribution in [2.24, 2.45) is 0 Å². The number of aliphatic hydroxyl groups is 1. The van der Waals surface area contributed by atoms with E-state index in [2.05, 4.69) is 15.9 Å². The molecule has 2 aromatic rings. The number of hydrogen-bond donors (Lipinski definition) is 1. The third-order valence-corrected chi connectivity index (χ3v) is 3.16. The lowest BCUT2D eigenvalue weighted by Gasteiger charge is -2.13. The Bertz CT molecular complexity index is 530. The first-order valence-electron chi connectivity index (χ1n) is 4.97. The highest BCUT2D eigenvalue weighted by molar-refractivity contribution is 9.10. The molecule has 2 rings (SSSR count). The molecule has 17 heavy (non-hydrogen) atoms. The molecule has 0 aliphatic heterocycles. The lowest BCUT2D eigenvalue weighted by Crippen LogP contribution is -2.03. The Balaban J connectivity index is 2.48. The Kier molecular flexibility index (Phi) is 3.82. The summed E-state index contributed by atoms with van der Waals surface area (Å²) in [6.07, 6.45) is -1.02. The number of rotatable bonds is 2. The van der Waals surface area contributed by atoms with E-state index in [1.165, 1.54) is 12.1 Å². The van der Waals surface area contributed by atoms with Crippen LogP contribution >= 0.6 is 27.5 Å². The van der Waals surface area contributed by atoms with E-state index in [9.17, 15) is 9.50 Å². The molecule has 0 heterocycles. The normalized spacial score (nSPS) is 12.5. The van der Waals surface area contributed by atoms with E-state index in [0.717, 1.165) is 0 Å². The smallest absolute Gasteiger partial charge is 0.148 e. The third kappa shape index (κ3) is 2.68. The van der Waals surface area contributed by atoms with Gasteiger partial charge >= 0.3 is 0 Å². The Hall–Kier alpha value is -0.900. The van der Waals surface area contributed by atoms with Crippen LogP contribution in [0.15, 0.2) is 46.9 Å². The van der Waals surface area contributed by atoms with Crippen LogP contribution in [0.3, 0.4) is 0 Å². The van der Waals surface area contributed by atoms with Gasteiger partial charge in [-0.2, -0.15) is 0 Å². The van der Waals surface area contributed by atoms with Crippen LogP contribution in [0.1, 0.15) is 17.2 Å². The molecule has 0 radical (unpaired) electrons. The summed E-state index contributed by atoms with van der Waals surface area (Å²) in [6, 6.07) is 11.9. The van der Waals surface area contributed by atoms with Crippen LogP contribution < -0.4 is 0 Å². The molecular formula is C13H9BrClFO. The summed E-state index contributed by atoms with van der Waals surface area (Å²) in [4.78, 5) is 0. The first kappa shape index (κ1) is 12.6. The van der Waals surface area contributed by atoms with Gasteiger partial charge in [0.15, 0.2) is 0 Å². The lowest BCUT2D eigenvalue weighted by atomic mass is 10.0. The first-order valence-corrected chi connectivity index (χ1v) is 6.14. The minimum Gasteiger partial charge on any atom is -0.384 e. The van der Waals surface area contributed by atoms with Crippen LogP contribution in [-0.4, -0.2) is 5.11 Å². The van der Waals surface area contributed by atoms with Gasteiger partial charge in [0.1, 0.15) is 11.9 Å². The molecule has 0 spiro atoms. The van der Waals surface area contributed by atoms with Crippen LogP contribution in [0.4, 0.5) is 4.39 Å². The molecule has 0 fully saturated rings. The standard InChI is InChI=1S/C13H9BrClFO/c14-9-6-10(12(16)11(15)7-9)13(17)8-4-2-1-3-5-8/h1-7,13,17H. The Labute approximate surface area is 112 Å². The largest absolute Gasteiger partial charge is 0.384 e. The summed E-state index contributed by atoms with van der Waals surface area (Å²) in [7, 11) is 0. The van der Waals surface area contributed by atoms with Gasteiger partial charge in [-0.1, -0.05) is 57.9 Å². The highest BCUT2D eigenvalue weighted by Crippen LogP contribution is 2.31. The summed E-state index contributed by atoms with van der Waals surface area (Å²) in [5.41, 5.74) is 0.788. The van der Waals surface area contributed by atoms with Crippen LogP contribution in [0.5, 0.6) is 0 Å². The zero-order valence-corrected chi connectivity index (χ0v) is 11.0. The van der Waals surface area contributed by atoms with Crippen molar-refractivity contribution in [2.75, 3.05) is 0 Å². The van der Waals surface area contributed by atoms with E-state index in [1.807, 2.05) is 6.07 Å². The minimum atomic E-state index is -1.02. The zero-order chi connectivity index (χ0) is 12.4. The fourth-order valence-electron chi connectivity index (χ4n) is 1.59. The maximum absolute atomic E-state index is 13.8. The molecule has 0 aliphatic carbocycles. The fraction of sp³-hybridized carbons (Fsp3) is 0.0769. The Morgan fingerprint density at radius 3 is 2.47 bits per heavy atom. The average Bonchev–Trinajstić information content (AvgIpc) is 2.34. The molecule has 0 bridgehead atoms. The van der Waals surface area contributed by atoms with Gasteiger partial charge < -0.3 is 5.11 Å². The number of halogens is 3. The summed E-state index contributed by atoms with van der Waals surface area (Å²) >= 11 is 8.96. The second kappa shape index (κ2) is 5.17. The molecule has 1 atom stereocenters. The predicted molar refractivity (Wildman–Crippen MR) is 69.6 cm³/mol. The van der Waals surface area contributed by atoms with E-state index >= 15 is 0 Å². The monoisotopic (exact) mass is 314 g/mol. The molecule has 0 aromatic heterocycles. The first-order chi connectivity index (χ1) is 8.09. The van der Waals surface area contributed by atoms with Gasteiger partial charge in [-0.05, 0) is 17.7 Å². The SMILES string of the molecule is OC(c1ccccc1)c1cc(Br)cc(Cl)c1F. The van der Waals surface area contributed by atoms with Crippen molar-refractivity contribution < 1.29 is 9.50 Å². The number of benzene rings is 2. The average molecular weight is 316 g/mol. The molecule has 0 amide bonds. The van der Waals surface area contributed by atoms with Crippen LogP contribution in [0, 0.1) is 5.82 Å². The van der Waals surface area contributed by atoms with Crippen LogP contribution in [0.25, 0.3) is 0 Å². The minimum absolute atomic E-state index is 0.00986. The van der Waals surface area contributed by atoms with Crippen molar-refractivity contribution in [1.82, 2.24) is 0 Å². The molecule has 0 saturated heterocycles. The highest BCUT2D eigenvalue weighted by atomic mass is 79.9. The van der Waals surface area contributed by atoms with E-state index < -0.39 is 11.9 Å². The molecule has 1 N–H and O–H groups in total. The van der Waals surface area contributed by atoms with Gasteiger partial charge in [-0.15, -0.1) is 0 Å². The molecule has 2 aromatic carbocycles. The third-order valence-electron chi connectivity index (χ3n) is 2.43. The van der Waals surface area contributed by atoms with Crippen molar-refractivity contribution in [2.45, 2.75) is 6.10 Å². The van der Waals surface area contributed by atoms with Crippen LogP contribution in [-0.2, 0) is 0 Å². The maximum Gasteiger partial charge on any atom is 0.148 e. The summed E-state index contributed by atoms with van der Waals surface area (Å²) < 4.78 is 14.4. The fourth-order valence-corrected chi connectivity index (χ4v) is 2.42. The molecule has 0 saturated carbocycles. The van der Waals surface area contributed by atoms with Gasteiger partial charge in [-0.25, -0.2) is 4.39 Å². The quantitative estimate of drug-likeness (QED) is 0.818. The second-order valence-corrected chi connectivity index (χ2v) is 4.93. The van der Waals surface area contributed by atoms with Crippen molar-refractivity contribution in [3.05, 3.63) is 68.9 Å². The predicted octanol–water partition coefficient (Wildman–Crippen LogP) is 4.32. The summed E-state index contributed by atoms with van der Waals surface area (Å²) in [6.45, 7) is 0. The molecule has 4 heteroatoms. The van der Waals surface area contributed by atoms with Gasteiger partial charge in [0, 0.05) is 10.0 Å². The van der Waals surface area contributed by atoms with E-state index in [0.29, 0.717) is 10.0 Å². The van der Waals surface area contributed by atoms with Crippen molar-refractivity contribution in [1.29, 1.82) is 0 Å². The Morgan fingerprint density at radius 1 is 1.18 bits per heavy atom. The molecule has 1 nitrogen and oxygen atoms in total. The van der Waals surface area contributed by atoms with Gasteiger partial charge in [-0.3, -0.25) is 0 Å². The van der Waals surface area contributed by atoms with Gasteiger partial charge in [0.25, 0.3) is 0 Å². The van der Waals surface area contributed by atoms with Crippen LogP contribution in [0.2, 0.25) is 5.02 Å². The zero-order valence-electron chi connectivity index (χ0n) is 8.70. The van der Waals surface area contributed by atoms with E-state index in [1.54, 1.807) is 24.3 Å². The van der Waals surface area contributed by atoms with E-state index in [-0.39, 0.29) is 10.6 Å². The molecule has 88 valence electrons. The van der Waals surface area contributed by atoms with Crippen molar-refractivity contribution in [3.63, 3.8) is 0 Å². The highest BCUT2D eigenvalue weighted by Gasteiger charge is 2.17. The Morgan fingerprint density at radius 2 is 1.82 bits per heavy atom. The summed E-state index contributed by atoms with van der Waals surface area (Å²) in [5.74, 6) is -0.591. The lowest BCUT2D eigenvalue weighted by molar-refractivity contribution is 0.215. The topological polar surface area (TPSA) is 20.2 Å². The molecule has 0 aliphatic rings. The van der Waals surface area contributed by atoms with Gasteiger partial charge in [0.05, 0.1) is 5.02 Å². The van der Waals surface area contributed by atoms with Gasteiger partial charge in [0.2, 0.25) is 0 Å². The van der Waals surface area contributed by atoms with E-state index in [4.69, 9.17) is 11.6 Å². The van der Waals surface area contributed by atoms with Crippen molar-refractivity contribution >= 4 is 27.5 Å². The molecule has 1 unspecified atom stereocenters. The van der Waals surface area contributed by atoms with Crippen molar-refractivity contribution in [3.8, 4) is 0 Å². The number of aliphatic hydroxyl groups excluding tert-OH is 1. The maximum atomic E-state index is 13.8. The second-order valence-electron chi connectivity index (χ2n) is 3.60. The number of hydrogen-bond acceptors (Lipinski definition) is 1. The summed E-state index contributed by atoms with van der Waals surface area (Å²) in [5, 5.41) is 10.1. The molecular weight excluding hydrogens is 306 g/mol.